The van der Waals surface area contributed by atoms with Crippen molar-refractivity contribution >= 4 is 16.8 Å². The molecule has 0 radical (unpaired) electrons. The van der Waals surface area contributed by atoms with Gasteiger partial charge in [-0.3, -0.25) is 4.98 Å². The first-order valence-corrected chi connectivity index (χ1v) is 6.62. The summed E-state index contributed by atoms with van der Waals surface area (Å²) in [5.41, 5.74) is 5.83. The molecule has 5 heterocycles. The summed E-state index contributed by atoms with van der Waals surface area (Å²) in [5.74, 6) is 1.20. The summed E-state index contributed by atoms with van der Waals surface area (Å²) in [7, 11) is 2.09. The Kier molecular flexibility index (Phi) is 1.65. The van der Waals surface area contributed by atoms with Gasteiger partial charge in [-0.1, -0.05) is 0 Å². The van der Waals surface area contributed by atoms with Crippen LogP contribution in [0, 0.1) is 0 Å². The van der Waals surface area contributed by atoms with E-state index in [9.17, 15) is 0 Å². The summed E-state index contributed by atoms with van der Waals surface area (Å²) in [5, 5.41) is 0. The van der Waals surface area contributed by atoms with Crippen molar-refractivity contribution in [3.8, 4) is 11.4 Å². The molecule has 4 aromatic rings. The van der Waals surface area contributed by atoms with Crippen LogP contribution in [0.25, 0.3) is 28.2 Å². The molecule has 5 rings (SSSR count). The normalized spacial score (nSPS) is 13.1. The van der Waals surface area contributed by atoms with E-state index in [-0.39, 0.29) is 0 Å². The lowest BCUT2D eigenvalue weighted by Gasteiger charge is -1.92. The maximum atomic E-state index is 4.57. The molecule has 0 atom stereocenters. The predicted molar refractivity (Wildman–Crippen MR) is 74.2 cm³/mol. The Morgan fingerprint density at radius 3 is 3.15 bits per heavy atom. The average Bonchev–Trinajstić information content (AvgIpc) is 3.08. The van der Waals surface area contributed by atoms with E-state index in [0.717, 1.165) is 23.4 Å². The maximum absolute atomic E-state index is 4.57. The summed E-state index contributed by atoms with van der Waals surface area (Å²) in [4.78, 5) is 8.79. The van der Waals surface area contributed by atoms with Gasteiger partial charge in [-0.25, -0.2) is 9.55 Å². The predicted octanol–water partition coefficient (Wildman–Crippen LogP) is 1.54. The average molecular weight is 262 g/mol. The second kappa shape index (κ2) is 3.25. The standard InChI is InChI=1S/C15H12N5/c1-18-12-3-2-5-17-14(12)20-13(18)9-19-8-10-7-16-6-4-11(10)15(19)20/h2-7,9H,8H2,1H3/q+1. The minimum Gasteiger partial charge on any atom is -0.303 e. The van der Waals surface area contributed by atoms with Crippen molar-refractivity contribution < 1.29 is 4.57 Å². The maximum Gasteiger partial charge on any atom is 0.298 e. The highest BCUT2D eigenvalue weighted by Crippen LogP contribution is 2.30. The summed E-state index contributed by atoms with van der Waals surface area (Å²) < 4.78 is 6.70. The summed E-state index contributed by atoms with van der Waals surface area (Å²) in [6.07, 6.45) is 7.85. The third-order valence-electron chi connectivity index (χ3n) is 4.15. The van der Waals surface area contributed by atoms with E-state index in [2.05, 4.69) is 48.9 Å². The van der Waals surface area contributed by atoms with Crippen LogP contribution >= 0.6 is 0 Å². The molecule has 0 saturated heterocycles. The quantitative estimate of drug-likeness (QED) is 0.397. The van der Waals surface area contributed by atoms with Crippen molar-refractivity contribution in [1.29, 1.82) is 0 Å². The van der Waals surface area contributed by atoms with Gasteiger partial charge >= 0.3 is 0 Å². The number of pyridine rings is 2. The molecule has 1 aliphatic heterocycles. The number of fused-ring (bicyclic) bond motifs is 7. The van der Waals surface area contributed by atoms with E-state index in [1.165, 1.54) is 17.0 Å². The van der Waals surface area contributed by atoms with Gasteiger partial charge in [0.25, 0.3) is 11.5 Å². The van der Waals surface area contributed by atoms with Gasteiger partial charge in [-0.15, -0.1) is 0 Å². The fourth-order valence-corrected chi connectivity index (χ4v) is 3.24. The second-order valence-corrected chi connectivity index (χ2v) is 5.21. The van der Waals surface area contributed by atoms with Crippen LogP contribution < -0.4 is 4.57 Å². The molecule has 5 nitrogen and oxygen atoms in total. The van der Waals surface area contributed by atoms with Crippen LogP contribution in [0.5, 0.6) is 0 Å². The van der Waals surface area contributed by atoms with Crippen molar-refractivity contribution in [1.82, 2.24) is 18.9 Å². The Hall–Kier alpha value is -2.69. The van der Waals surface area contributed by atoms with E-state index in [1.54, 1.807) is 0 Å². The number of nitrogens with zero attached hydrogens (tertiary/aromatic N) is 5. The molecule has 0 unspecified atom stereocenters. The van der Waals surface area contributed by atoms with Crippen LogP contribution in [0.4, 0.5) is 0 Å². The molecule has 0 aromatic carbocycles. The molecule has 4 aromatic heterocycles. The van der Waals surface area contributed by atoms with Crippen LogP contribution in [-0.2, 0) is 13.6 Å². The monoisotopic (exact) mass is 262 g/mol. The van der Waals surface area contributed by atoms with Crippen molar-refractivity contribution in [3.63, 3.8) is 0 Å². The molecule has 1 aliphatic rings. The first-order chi connectivity index (χ1) is 9.84. The number of hydrogen-bond acceptors (Lipinski definition) is 2. The number of imidazole rings is 2. The van der Waals surface area contributed by atoms with Crippen LogP contribution in [0.2, 0.25) is 0 Å². The third kappa shape index (κ3) is 1.02. The van der Waals surface area contributed by atoms with Gasteiger partial charge in [0.2, 0.25) is 5.65 Å². The molecule has 0 saturated carbocycles. The Balaban J connectivity index is 2.03. The number of aromatic nitrogens is 5. The molecule has 96 valence electrons. The molecule has 0 fully saturated rings. The van der Waals surface area contributed by atoms with E-state index in [4.69, 9.17) is 0 Å². The number of aryl methyl sites for hydroxylation is 1. The van der Waals surface area contributed by atoms with Crippen molar-refractivity contribution in [2.75, 3.05) is 0 Å². The lowest BCUT2D eigenvalue weighted by Crippen LogP contribution is -2.29. The van der Waals surface area contributed by atoms with E-state index >= 15 is 0 Å². The zero-order valence-electron chi connectivity index (χ0n) is 11.0. The van der Waals surface area contributed by atoms with Gasteiger partial charge in [0.15, 0.2) is 6.20 Å². The van der Waals surface area contributed by atoms with Crippen molar-refractivity contribution in [2.45, 2.75) is 6.54 Å². The molecule has 20 heavy (non-hydrogen) atoms. The van der Waals surface area contributed by atoms with Crippen molar-refractivity contribution in [2.24, 2.45) is 7.05 Å². The number of hydrogen-bond donors (Lipinski definition) is 0. The van der Waals surface area contributed by atoms with Gasteiger partial charge in [-0.2, -0.15) is 4.40 Å². The smallest absolute Gasteiger partial charge is 0.298 e. The lowest BCUT2D eigenvalue weighted by atomic mass is 10.2. The molecule has 0 N–H and O–H groups in total. The second-order valence-electron chi connectivity index (χ2n) is 5.21. The molecule has 0 aliphatic carbocycles. The fourth-order valence-electron chi connectivity index (χ4n) is 3.24. The molecular formula is C15H12N5+. The van der Waals surface area contributed by atoms with Crippen LogP contribution in [0.1, 0.15) is 5.56 Å². The van der Waals surface area contributed by atoms with Crippen LogP contribution in [-0.4, -0.2) is 18.9 Å². The highest BCUT2D eigenvalue weighted by Gasteiger charge is 2.33. The van der Waals surface area contributed by atoms with E-state index in [0.29, 0.717) is 0 Å². The Bertz CT molecular complexity index is 992. The minimum atomic E-state index is 0.883. The first-order valence-electron chi connectivity index (χ1n) is 6.62. The van der Waals surface area contributed by atoms with Gasteiger partial charge in [0, 0.05) is 31.2 Å². The van der Waals surface area contributed by atoms with Gasteiger partial charge in [-0.05, 0) is 18.2 Å². The minimum absolute atomic E-state index is 0.883. The summed E-state index contributed by atoms with van der Waals surface area (Å²) in [6, 6.07) is 6.17. The zero-order chi connectivity index (χ0) is 13.3. The highest BCUT2D eigenvalue weighted by atomic mass is 15.2. The molecule has 5 heteroatoms. The highest BCUT2D eigenvalue weighted by molar-refractivity contribution is 5.80. The van der Waals surface area contributed by atoms with Gasteiger partial charge < -0.3 is 4.57 Å². The lowest BCUT2D eigenvalue weighted by molar-refractivity contribution is -0.670. The van der Waals surface area contributed by atoms with E-state index in [1.807, 2.05) is 24.7 Å². The fraction of sp³-hybridized carbons (Fsp3) is 0.133. The zero-order valence-corrected chi connectivity index (χ0v) is 11.0. The summed E-state index contributed by atoms with van der Waals surface area (Å²) in [6.45, 7) is 0.883. The molecule has 0 bridgehead atoms. The third-order valence-corrected chi connectivity index (χ3v) is 4.15. The van der Waals surface area contributed by atoms with Crippen molar-refractivity contribution in [3.05, 3.63) is 48.5 Å². The Labute approximate surface area is 114 Å². The van der Waals surface area contributed by atoms with Crippen LogP contribution in [0.3, 0.4) is 0 Å². The largest absolute Gasteiger partial charge is 0.303 e. The van der Waals surface area contributed by atoms with E-state index < -0.39 is 0 Å². The molecule has 0 amide bonds. The summed E-state index contributed by atoms with van der Waals surface area (Å²) >= 11 is 0. The Morgan fingerprint density at radius 1 is 1.25 bits per heavy atom. The SMILES string of the molecule is Cn1c2cccnc2n2c3[n+](cc12)Cc1cnccc1-3. The first kappa shape index (κ1) is 10.1. The Morgan fingerprint density at radius 2 is 2.20 bits per heavy atom. The van der Waals surface area contributed by atoms with Gasteiger partial charge in [0.05, 0.1) is 5.56 Å². The molecule has 0 spiro atoms. The number of rotatable bonds is 0. The van der Waals surface area contributed by atoms with Crippen LogP contribution in [0.15, 0.2) is 43.0 Å². The molecular weight excluding hydrogens is 250 g/mol. The van der Waals surface area contributed by atoms with Gasteiger partial charge in [0.1, 0.15) is 12.1 Å². The topological polar surface area (TPSA) is 39.0 Å².